The highest BCUT2D eigenvalue weighted by Gasteiger charge is 2.35. The Bertz CT molecular complexity index is 347. The monoisotopic (exact) mass is 250 g/mol. The van der Waals surface area contributed by atoms with E-state index in [0.717, 1.165) is 0 Å². The van der Waals surface area contributed by atoms with Gasteiger partial charge in [0.1, 0.15) is 0 Å². The van der Waals surface area contributed by atoms with Crippen LogP contribution in [-0.2, 0) is 19.6 Å². The van der Waals surface area contributed by atoms with Crippen LogP contribution in [0.1, 0.15) is 6.92 Å². The van der Waals surface area contributed by atoms with Crippen LogP contribution in [0.4, 0.5) is 0 Å². The standard InChI is InChI=1S/C9H18N2O4S/c1-8(9(12)15-3)16(13,14)11-6-4-10(2)5-7-11/h8H,4-7H2,1-3H3. The van der Waals surface area contributed by atoms with Crippen LogP contribution in [0.2, 0.25) is 0 Å². The molecule has 0 aliphatic carbocycles. The van der Waals surface area contributed by atoms with E-state index in [1.165, 1.54) is 18.3 Å². The fourth-order valence-corrected chi connectivity index (χ4v) is 3.01. The van der Waals surface area contributed by atoms with Crippen LogP contribution >= 0.6 is 0 Å². The Hall–Kier alpha value is -0.660. The molecule has 0 saturated carbocycles. The summed E-state index contributed by atoms with van der Waals surface area (Å²) in [6.45, 7) is 3.60. The number of methoxy groups -OCH3 is 1. The lowest BCUT2D eigenvalue weighted by molar-refractivity contribution is -0.139. The molecule has 0 spiro atoms. The Morgan fingerprint density at radius 2 is 1.75 bits per heavy atom. The number of carbonyl (C=O) groups is 1. The van der Waals surface area contributed by atoms with Crippen LogP contribution in [0, 0.1) is 0 Å². The third-order valence-electron chi connectivity index (χ3n) is 2.80. The van der Waals surface area contributed by atoms with Crippen molar-refractivity contribution in [1.29, 1.82) is 0 Å². The first-order chi connectivity index (χ1) is 7.39. The minimum Gasteiger partial charge on any atom is -0.468 e. The van der Waals surface area contributed by atoms with Crippen molar-refractivity contribution in [2.24, 2.45) is 0 Å². The molecule has 0 N–H and O–H groups in total. The van der Waals surface area contributed by atoms with Gasteiger partial charge in [-0.3, -0.25) is 4.79 Å². The molecule has 1 saturated heterocycles. The summed E-state index contributed by atoms with van der Waals surface area (Å²) in [4.78, 5) is 13.3. The molecular weight excluding hydrogens is 232 g/mol. The molecule has 0 radical (unpaired) electrons. The largest absolute Gasteiger partial charge is 0.468 e. The first kappa shape index (κ1) is 13.4. The van der Waals surface area contributed by atoms with Gasteiger partial charge in [-0.15, -0.1) is 0 Å². The quantitative estimate of drug-likeness (QED) is 0.609. The van der Waals surface area contributed by atoms with E-state index in [9.17, 15) is 13.2 Å². The van der Waals surface area contributed by atoms with E-state index in [1.54, 1.807) is 0 Å². The fourth-order valence-electron chi connectivity index (χ4n) is 1.55. The summed E-state index contributed by atoms with van der Waals surface area (Å²) in [5, 5.41) is -1.12. The number of nitrogens with zero attached hydrogens (tertiary/aromatic N) is 2. The molecule has 0 bridgehead atoms. The van der Waals surface area contributed by atoms with E-state index in [1.807, 2.05) is 7.05 Å². The molecule has 1 aliphatic heterocycles. The van der Waals surface area contributed by atoms with Gasteiger partial charge in [-0.2, -0.15) is 4.31 Å². The van der Waals surface area contributed by atoms with Crippen molar-refractivity contribution < 1.29 is 17.9 Å². The summed E-state index contributed by atoms with van der Waals surface area (Å²) in [5.41, 5.74) is 0. The van der Waals surface area contributed by atoms with Crippen molar-refractivity contribution >= 4 is 16.0 Å². The highest BCUT2D eigenvalue weighted by Crippen LogP contribution is 2.12. The summed E-state index contributed by atoms with van der Waals surface area (Å²) in [6.07, 6.45) is 0. The number of ether oxygens (including phenoxy) is 1. The third-order valence-corrected chi connectivity index (χ3v) is 4.97. The van der Waals surface area contributed by atoms with Crippen molar-refractivity contribution in [3.8, 4) is 0 Å². The van der Waals surface area contributed by atoms with Crippen LogP contribution in [0.25, 0.3) is 0 Å². The first-order valence-corrected chi connectivity index (χ1v) is 6.65. The highest BCUT2D eigenvalue weighted by molar-refractivity contribution is 7.90. The summed E-state index contributed by atoms with van der Waals surface area (Å²) in [7, 11) is -0.434. The molecular formula is C9H18N2O4S. The molecule has 16 heavy (non-hydrogen) atoms. The lowest BCUT2D eigenvalue weighted by Crippen LogP contribution is -2.50. The second kappa shape index (κ2) is 5.11. The molecule has 1 heterocycles. The van der Waals surface area contributed by atoms with Crippen LogP contribution < -0.4 is 0 Å². The molecule has 0 aromatic carbocycles. The van der Waals surface area contributed by atoms with Crippen molar-refractivity contribution in [2.45, 2.75) is 12.2 Å². The lowest BCUT2D eigenvalue weighted by atomic mass is 10.4. The number of carbonyl (C=O) groups excluding carboxylic acids is 1. The Kier molecular flexibility index (Phi) is 4.28. The van der Waals surface area contributed by atoms with Gasteiger partial charge >= 0.3 is 5.97 Å². The van der Waals surface area contributed by atoms with Gasteiger partial charge in [0.2, 0.25) is 10.0 Å². The van der Waals surface area contributed by atoms with E-state index >= 15 is 0 Å². The Morgan fingerprint density at radius 1 is 1.25 bits per heavy atom. The fraction of sp³-hybridized carbons (Fsp3) is 0.889. The van der Waals surface area contributed by atoms with Gasteiger partial charge in [-0.1, -0.05) is 0 Å². The molecule has 0 aromatic heterocycles. The van der Waals surface area contributed by atoms with Crippen molar-refractivity contribution in [1.82, 2.24) is 9.21 Å². The van der Waals surface area contributed by atoms with Crippen molar-refractivity contribution in [2.75, 3.05) is 40.3 Å². The minimum atomic E-state index is -3.56. The zero-order valence-electron chi connectivity index (χ0n) is 9.84. The first-order valence-electron chi connectivity index (χ1n) is 5.15. The minimum absolute atomic E-state index is 0.431. The second-order valence-electron chi connectivity index (χ2n) is 3.91. The second-order valence-corrected chi connectivity index (χ2v) is 6.17. The van der Waals surface area contributed by atoms with Gasteiger partial charge in [-0.05, 0) is 14.0 Å². The maximum atomic E-state index is 12.0. The zero-order chi connectivity index (χ0) is 12.3. The topological polar surface area (TPSA) is 66.9 Å². The molecule has 94 valence electrons. The summed E-state index contributed by atoms with van der Waals surface area (Å²) in [5.74, 6) is -0.709. The molecule has 1 atom stereocenters. The van der Waals surface area contributed by atoms with Gasteiger partial charge in [0.15, 0.2) is 5.25 Å². The van der Waals surface area contributed by atoms with E-state index in [4.69, 9.17) is 0 Å². The van der Waals surface area contributed by atoms with E-state index in [-0.39, 0.29) is 0 Å². The number of likely N-dealkylation sites (N-methyl/N-ethyl adjacent to an activating group) is 1. The summed E-state index contributed by atoms with van der Waals surface area (Å²) in [6, 6.07) is 0. The Balaban J connectivity index is 2.74. The average Bonchev–Trinajstić information content (AvgIpc) is 2.27. The predicted molar refractivity (Wildman–Crippen MR) is 59.5 cm³/mol. The summed E-state index contributed by atoms with van der Waals surface area (Å²) < 4.78 is 29.8. The number of esters is 1. The average molecular weight is 250 g/mol. The number of sulfonamides is 1. The zero-order valence-corrected chi connectivity index (χ0v) is 10.7. The van der Waals surface area contributed by atoms with Crippen LogP contribution in [0.5, 0.6) is 0 Å². The predicted octanol–water partition coefficient (Wildman–Crippen LogP) is -0.875. The molecule has 1 unspecified atom stereocenters. The molecule has 6 nitrogen and oxygen atoms in total. The number of hydrogen-bond acceptors (Lipinski definition) is 5. The molecule has 1 fully saturated rings. The molecule has 1 rings (SSSR count). The Morgan fingerprint density at radius 3 is 2.19 bits per heavy atom. The number of hydrogen-bond donors (Lipinski definition) is 0. The highest BCUT2D eigenvalue weighted by atomic mass is 32.2. The maximum Gasteiger partial charge on any atom is 0.325 e. The number of piperazine rings is 1. The van der Waals surface area contributed by atoms with Crippen LogP contribution in [-0.4, -0.2) is 69.2 Å². The van der Waals surface area contributed by atoms with E-state index < -0.39 is 21.2 Å². The van der Waals surface area contributed by atoms with Crippen LogP contribution in [0.3, 0.4) is 0 Å². The Labute approximate surface area is 96.2 Å². The third kappa shape index (κ3) is 2.72. The van der Waals surface area contributed by atoms with Gasteiger partial charge in [0.05, 0.1) is 7.11 Å². The SMILES string of the molecule is COC(=O)C(C)S(=O)(=O)N1CCN(C)CC1. The van der Waals surface area contributed by atoms with E-state index in [2.05, 4.69) is 9.64 Å². The van der Waals surface area contributed by atoms with Crippen molar-refractivity contribution in [3.05, 3.63) is 0 Å². The summed E-state index contributed by atoms with van der Waals surface area (Å²) >= 11 is 0. The smallest absolute Gasteiger partial charge is 0.325 e. The number of rotatable bonds is 3. The maximum absolute atomic E-state index is 12.0. The van der Waals surface area contributed by atoms with Gasteiger partial charge < -0.3 is 9.64 Å². The van der Waals surface area contributed by atoms with Crippen molar-refractivity contribution in [3.63, 3.8) is 0 Å². The van der Waals surface area contributed by atoms with Gasteiger partial charge in [-0.25, -0.2) is 8.42 Å². The van der Waals surface area contributed by atoms with Gasteiger partial charge in [0, 0.05) is 26.2 Å². The molecule has 0 amide bonds. The van der Waals surface area contributed by atoms with E-state index in [0.29, 0.717) is 26.2 Å². The van der Waals surface area contributed by atoms with Gasteiger partial charge in [0.25, 0.3) is 0 Å². The molecule has 7 heteroatoms. The molecule has 0 aromatic rings. The molecule has 1 aliphatic rings. The van der Waals surface area contributed by atoms with Crippen LogP contribution in [0.15, 0.2) is 0 Å². The lowest BCUT2D eigenvalue weighted by Gasteiger charge is -2.32. The normalized spacial score (nSPS) is 21.7.